The number of unbranched alkanes of at least 4 members (excludes halogenated alkanes) is 8. The summed E-state index contributed by atoms with van der Waals surface area (Å²) in [6.07, 6.45) is 23.4. The first-order chi connectivity index (χ1) is 22.2. The Labute approximate surface area is 284 Å². The molecule has 7 nitrogen and oxygen atoms in total. The normalized spacial score (nSPS) is 13.4. The molecule has 2 unspecified atom stereocenters. The number of hydrogen-bond donors (Lipinski definition) is 0. The molecule has 0 rings (SSSR count). The zero-order valence-electron chi connectivity index (χ0n) is 31.2. The lowest BCUT2D eigenvalue weighted by molar-refractivity contribution is -0.150. The molecule has 0 aromatic heterocycles. The average Bonchev–Trinajstić information content (AvgIpc) is 3.03. The predicted molar refractivity (Wildman–Crippen MR) is 191 cm³/mol. The summed E-state index contributed by atoms with van der Waals surface area (Å²) >= 11 is 0. The highest BCUT2D eigenvalue weighted by molar-refractivity contribution is 5.70. The molecule has 0 aliphatic heterocycles. The van der Waals surface area contributed by atoms with Gasteiger partial charge in [-0.05, 0) is 90.3 Å². The Bertz CT molecular complexity index is 681. The fraction of sp³-hybridized carbons (Fsp3) is 0.923. The van der Waals surface area contributed by atoms with Crippen molar-refractivity contribution in [2.45, 2.75) is 188 Å². The smallest absolute Gasteiger partial charge is 0.306 e. The van der Waals surface area contributed by atoms with Gasteiger partial charge in [-0.15, -0.1) is 0 Å². The molecule has 0 spiro atoms. The van der Waals surface area contributed by atoms with E-state index in [-0.39, 0.29) is 24.0 Å². The minimum Gasteiger partial charge on any atom is -0.466 e. The van der Waals surface area contributed by atoms with Gasteiger partial charge in [0.05, 0.1) is 13.2 Å². The molecular formula is C39H75NO6. The second-order valence-corrected chi connectivity index (χ2v) is 13.8. The Morgan fingerprint density at radius 2 is 0.957 bits per heavy atom. The number of carbonyl (C=O) groups is 3. The zero-order chi connectivity index (χ0) is 34.3. The first-order valence-corrected chi connectivity index (χ1v) is 19.4. The standard InChI is InChI=1S/C39H75NO6/c1-7-11-22-34(9-3)27-29-37(41)44-32-19-15-13-17-24-36(46-39(43)26-21-31-40(5)6)25-18-14-16-20-33-45-38(42)30-28-35(10-4)23-12-8-2/h34-36H,7-33H2,1-6H3. The topological polar surface area (TPSA) is 82.1 Å². The molecule has 0 saturated carbocycles. The molecule has 7 heteroatoms. The zero-order valence-corrected chi connectivity index (χ0v) is 31.2. The van der Waals surface area contributed by atoms with Crippen LogP contribution in [0.2, 0.25) is 0 Å². The van der Waals surface area contributed by atoms with Gasteiger partial charge >= 0.3 is 17.9 Å². The van der Waals surface area contributed by atoms with Crippen LogP contribution < -0.4 is 0 Å². The Morgan fingerprint density at radius 3 is 1.37 bits per heavy atom. The number of carbonyl (C=O) groups excluding carboxylic acids is 3. The highest BCUT2D eigenvalue weighted by Crippen LogP contribution is 2.20. The van der Waals surface area contributed by atoms with Crippen molar-refractivity contribution in [2.24, 2.45) is 11.8 Å². The third-order valence-electron chi connectivity index (χ3n) is 9.25. The van der Waals surface area contributed by atoms with E-state index in [0.717, 1.165) is 103 Å². The number of hydrogen-bond acceptors (Lipinski definition) is 7. The van der Waals surface area contributed by atoms with Gasteiger partial charge in [0, 0.05) is 19.3 Å². The number of nitrogens with zero attached hydrogens (tertiary/aromatic N) is 1. The fourth-order valence-electron chi connectivity index (χ4n) is 5.95. The number of ether oxygens (including phenoxy) is 3. The second kappa shape index (κ2) is 31.9. The third-order valence-corrected chi connectivity index (χ3v) is 9.25. The maximum Gasteiger partial charge on any atom is 0.306 e. The molecule has 0 saturated heterocycles. The Morgan fingerprint density at radius 1 is 0.500 bits per heavy atom. The summed E-state index contributed by atoms with van der Waals surface area (Å²) in [5.74, 6) is 1.06. The van der Waals surface area contributed by atoms with Gasteiger partial charge in [0.2, 0.25) is 0 Å². The van der Waals surface area contributed by atoms with E-state index in [4.69, 9.17) is 14.2 Å². The summed E-state index contributed by atoms with van der Waals surface area (Å²) in [5, 5.41) is 0. The van der Waals surface area contributed by atoms with Crippen LogP contribution in [-0.4, -0.2) is 62.8 Å². The number of esters is 3. The van der Waals surface area contributed by atoms with Crippen molar-refractivity contribution in [3.05, 3.63) is 0 Å². The summed E-state index contributed by atoms with van der Waals surface area (Å²) in [6, 6.07) is 0. The van der Waals surface area contributed by atoms with Crippen LogP contribution in [0, 0.1) is 11.8 Å². The molecule has 0 fully saturated rings. The molecule has 0 aromatic carbocycles. The van der Waals surface area contributed by atoms with Gasteiger partial charge in [-0.1, -0.05) is 105 Å². The maximum atomic E-state index is 12.5. The van der Waals surface area contributed by atoms with Gasteiger partial charge in [0.15, 0.2) is 0 Å². The minimum atomic E-state index is -0.0920. The molecule has 46 heavy (non-hydrogen) atoms. The quantitative estimate of drug-likeness (QED) is 0.0396. The van der Waals surface area contributed by atoms with Crippen LogP contribution in [0.25, 0.3) is 0 Å². The van der Waals surface area contributed by atoms with Crippen molar-refractivity contribution in [3.63, 3.8) is 0 Å². The van der Waals surface area contributed by atoms with Gasteiger partial charge < -0.3 is 19.1 Å². The first-order valence-electron chi connectivity index (χ1n) is 19.4. The van der Waals surface area contributed by atoms with Gasteiger partial charge in [-0.25, -0.2) is 0 Å². The van der Waals surface area contributed by atoms with Crippen LogP contribution in [0.3, 0.4) is 0 Å². The van der Waals surface area contributed by atoms with E-state index in [1.165, 1.54) is 38.5 Å². The van der Waals surface area contributed by atoms with Crippen molar-refractivity contribution in [3.8, 4) is 0 Å². The van der Waals surface area contributed by atoms with Crippen LogP contribution in [0.4, 0.5) is 0 Å². The van der Waals surface area contributed by atoms with Gasteiger partial charge in [0.25, 0.3) is 0 Å². The lowest BCUT2D eigenvalue weighted by Gasteiger charge is -2.18. The van der Waals surface area contributed by atoms with Crippen molar-refractivity contribution in [1.29, 1.82) is 0 Å². The van der Waals surface area contributed by atoms with Crippen molar-refractivity contribution in [1.82, 2.24) is 4.90 Å². The van der Waals surface area contributed by atoms with E-state index in [2.05, 4.69) is 32.6 Å². The molecule has 0 radical (unpaired) electrons. The summed E-state index contributed by atoms with van der Waals surface area (Å²) in [4.78, 5) is 38.9. The molecule has 2 atom stereocenters. The monoisotopic (exact) mass is 654 g/mol. The van der Waals surface area contributed by atoms with E-state index >= 15 is 0 Å². The molecule has 272 valence electrons. The van der Waals surface area contributed by atoms with Crippen LogP contribution in [-0.2, 0) is 28.6 Å². The van der Waals surface area contributed by atoms with Crippen molar-refractivity contribution < 1.29 is 28.6 Å². The van der Waals surface area contributed by atoms with Crippen LogP contribution in [0.15, 0.2) is 0 Å². The molecule has 0 N–H and O–H groups in total. The van der Waals surface area contributed by atoms with Gasteiger partial charge in [0.1, 0.15) is 6.10 Å². The average molecular weight is 654 g/mol. The van der Waals surface area contributed by atoms with E-state index in [9.17, 15) is 14.4 Å². The Balaban J connectivity index is 4.25. The van der Waals surface area contributed by atoms with Crippen molar-refractivity contribution >= 4 is 17.9 Å². The summed E-state index contributed by atoms with van der Waals surface area (Å²) in [6.45, 7) is 10.7. The highest BCUT2D eigenvalue weighted by atomic mass is 16.5. The van der Waals surface area contributed by atoms with E-state index in [0.29, 0.717) is 44.3 Å². The SMILES string of the molecule is CCCCC(CC)CCC(=O)OCCCCCCC(CCCCCCOC(=O)CCC(CC)CCCC)OC(=O)CCCN(C)C. The van der Waals surface area contributed by atoms with E-state index in [1.807, 2.05) is 14.1 Å². The molecular weight excluding hydrogens is 578 g/mol. The van der Waals surface area contributed by atoms with E-state index in [1.54, 1.807) is 0 Å². The number of rotatable bonds is 33. The lowest BCUT2D eigenvalue weighted by Crippen LogP contribution is -2.20. The first kappa shape index (κ1) is 44.4. The van der Waals surface area contributed by atoms with E-state index < -0.39 is 0 Å². The highest BCUT2D eigenvalue weighted by Gasteiger charge is 2.15. The van der Waals surface area contributed by atoms with Crippen LogP contribution in [0.5, 0.6) is 0 Å². The molecule has 0 aromatic rings. The van der Waals surface area contributed by atoms with Gasteiger partial charge in [-0.2, -0.15) is 0 Å². The minimum absolute atomic E-state index is 0.0408. The maximum absolute atomic E-state index is 12.5. The fourth-order valence-corrected chi connectivity index (χ4v) is 5.95. The summed E-state index contributed by atoms with van der Waals surface area (Å²) in [7, 11) is 4.03. The largest absolute Gasteiger partial charge is 0.466 e. The van der Waals surface area contributed by atoms with Crippen LogP contribution >= 0.6 is 0 Å². The third kappa shape index (κ3) is 28.6. The molecule has 0 heterocycles. The van der Waals surface area contributed by atoms with Gasteiger partial charge in [-0.3, -0.25) is 14.4 Å². The summed E-state index contributed by atoms with van der Waals surface area (Å²) in [5.41, 5.74) is 0. The molecule has 0 aliphatic rings. The Hall–Kier alpha value is -1.63. The predicted octanol–water partition coefficient (Wildman–Crippen LogP) is 10.2. The summed E-state index contributed by atoms with van der Waals surface area (Å²) < 4.78 is 16.9. The molecule has 0 bridgehead atoms. The molecule has 0 amide bonds. The van der Waals surface area contributed by atoms with Crippen LogP contribution in [0.1, 0.15) is 182 Å². The molecule has 0 aliphatic carbocycles. The Kier molecular flexibility index (Phi) is 30.8. The second-order valence-electron chi connectivity index (χ2n) is 13.8. The lowest BCUT2D eigenvalue weighted by atomic mass is 9.94. The van der Waals surface area contributed by atoms with Crippen molar-refractivity contribution in [2.75, 3.05) is 33.9 Å².